The van der Waals surface area contributed by atoms with Gasteiger partial charge in [0, 0.05) is 24.3 Å². The van der Waals surface area contributed by atoms with Crippen LogP contribution in [0, 0.1) is 0 Å². The van der Waals surface area contributed by atoms with Gasteiger partial charge in [0.05, 0.1) is 13.1 Å². The van der Waals surface area contributed by atoms with Crippen LogP contribution < -0.4 is 0 Å². The van der Waals surface area contributed by atoms with Crippen molar-refractivity contribution in [2.45, 2.75) is 46.2 Å². The molecule has 2 aromatic carbocycles. The van der Waals surface area contributed by atoms with E-state index in [2.05, 4.69) is 26.0 Å². The number of carbonyl (C=O) groups is 4. The second-order valence-corrected chi connectivity index (χ2v) is 8.28. The maximum Gasteiger partial charge on any atom is 0.253 e. The predicted molar refractivity (Wildman–Crippen MR) is 124 cm³/mol. The van der Waals surface area contributed by atoms with Crippen molar-refractivity contribution in [1.82, 2.24) is 9.80 Å². The van der Waals surface area contributed by atoms with Crippen molar-refractivity contribution >= 4 is 23.6 Å². The first-order valence-electron chi connectivity index (χ1n) is 11.2. The maximum absolute atomic E-state index is 11.9. The van der Waals surface area contributed by atoms with Gasteiger partial charge in [0.15, 0.2) is 0 Å². The van der Waals surface area contributed by atoms with Crippen molar-refractivity contribution < 1.29 is 19.2 Å². The van der Waals surface area contributed by atoms with Crippen LogP contribution in [0.25, 0.3) is 0 Å². The van der Waals surface area contributed by atoms with Gasteiger partial charge in [-0.15, -0.1) is 0 Å². The molecule has 6 heteroatoms. The fraction of sp³-hybridized carbons (Fsp3) is 0.259. The highest BCUT2D eigenvalue weighted by Crippen LogP contribution is 2.22. The molecule has 0 aromatic heterocycles. The zero-order chi connectivity index (χ0) is 23.5. The van der Waals surface area contributed by atoms with Gasteiger partial charge in [0.2, 0.25) is 0 Å². The number of hydrogen-bond donors (Lipinski definition) is 0. The third-order valence-corrected chi connectivity index (χ3v) is 6.17. The largest absolute Gasteiger partial charge is 0.271 e. The van der Waals surface area contributed by atoms with Crippen molar-refractivity contribution in [3.05, 3.63) is 94.1 Å². The molecule has 0 spiro atoms. The number of nitrogens with zero attached hydrogens (tertiary/aromatic N) is 2. The van der Waals surface area contributed by atoms with Crippen LogP contribution in [0.1, 0.15) is 47.2 Å². The fourth-order valence-electron chi connectivity index (χ4n) is 4.30. The zero-order valence-corrected chi connectivity index (χ0v) is 18.8. The Bertz CT molecular complexity index is 1080. The van der Waals surface area contributed by atoms with E-state index in [0.717, 1.165) is 52.6 Å². The Kier molecular flexibility index (Phi) is 6.36. The number of imide groups is 2. The predicted octanol–water partition coefficient (Wildman–Crippen LogP) is 3.25. The molecule has 0 saturated carbocycles. The SMILES string of the molecule is CCc1cc(Cc2ccc(CN3C(=O)C=CC3=O)c(CC)c2)ccc1CN1C(=O)C=CC1=O. The number of aryl methyl sites for hydroxylation is 2. The van der Waals surface area contributed by atoms with E-state index in [9.17, 15) is 19.2 Å². The fourth-order valence-corrected chi connectivity index (χ4v) is 4.30. The molecule has 2 aliphatic rings. The minimum atomic E-state index is -0.272. The van der Waals surface area contributed by atoms with Crippen LogP contribution in [-0.2, 0) is 51.5 Å². The molecule has 4 amide bonds. The highest BCUT2D eigenvalue weighted by atomic mass is 16.2. The number of carbonyl (C=O) groups excluding carboxylic acids is 4. The van der Waals surface area contributed by atoms with Crippen LogP contribution in [-0.4, -0.2) is 33.4 Å². The summed E-state index contributed by atoms with van der Waals surface area (Å²) in [6, 6.07) is 12.4. The lowest BCUT2D eigenvalue weighted by Gasteiger charge is -2.18. The molecule has 0 bridgehead atoms. The van der Waals surface area contributed by atoms with Crippen molar-refractivity contribution in [2.75, 3.05) is 0 Å². The molecule has 2 heterocycles. The molecule has 0 atom stereocenters. The molecule has 33 heavy (non-hydrogen) atoms. The molecule has 0 fully saturated rings. The smallest absolute Gasteiger partial charge is 0.253 e. The van der Waals surface area contributed by atoms with Gasteiger partial charge in [0.25, 0.3) is 23.6 Å². The van der Waals surface area contributed by atoms with Gasteiger partial charge in [-0.1, -0.05) is 50.2 Å². The summed E-state index contributed by atoms with van der Waals surface area (Å²) in [6.07, 6.45) is 7.59. The van der Waals surface area contributed by atoms with E-state index in [1.54, 1.807) is 0 Å². The molecule has 2 aromatic rings. The van der Waals surface area contributed by atoms with Gasteiger partial charge in [-0.25, -0.2) is 0 Å². The van der Waals surface area contributed by atoms with Crippen LogP contribution in [0.15, 0.2) is 60.7 Å². The molecule has 0 radical (unpaired) electrons. The van der Waals surface area contributed by atoms with Gasteiger partial charge < -0.3 is 0 Å². The van der Waals surface area contributed by atoms with Crippen LogP contribution in [0.2, 0.25) is 0 Å². The van der Waals surface area contributed by atoms with Gasteiger partial charge >= 0.3 is 0 Å². The summed E-state index contributed by atoms with van der Waals surface area (Å²) >= 11 is 0. The topological polar surface area (TPSA) is 74.8 Å². The van der Waals surface area contributed by atoms with E-state index in [1.165, 1.54) is 34.1 Å². The number of amides is 4. The summed E-state index contributed by atoms with van der Waals surface area (Å²) in [5, 5.41) is 0. The van der Waals surface area contributed by atoms with Crippen molar-refractivity contribution in [1.29, 1.82) is 0 Å². The second-order valence-electron chi connectivity index (χ2n) is 8.28. The average molecular weight is 443 g/mol. The number of benzene rings is 2. The molecule has 0 unspecified atom stereocenters. The second kappa shape index (κ2) is 9.36. The Hall–Kier alpha value is -3.80. The van der Waals surface area contributed by atoms with E-state index in [0.29, 0.717) is 0 Å². The molecule has 6 nitrogen and oxygen atoms in total. The zero-order valence-electron chi connectivity index (χ0n) is 18.8. The summed E-state index contributed by atoms with van der Waals surface area (Å²) in [6.45, 7) is 4.69. The monoisotopic (exact) mass is 442 g/mol. The van der Waals surface area contributed by atoms with Crippen molar-refractivity contribution in [3.63, 3.8) is 0 Å². The van der Waals surface area contributed by atoms with Crippen LogP contribution in [0.3, 0.4) is 0 Å². The third kappa shape index (κ3) is 4.70. The first-order chi connectivity index (χ1) is 15.9. The van der Waals surface area contributed by atoms with Gasteiger partial charge in [-0.3, -0.25) is 29.0 Å². The molecular formula is C27H26N2O4. The van der Waals surface area contributed by atoms with E-state index < -0.39 is 0 Å². The Morgan fingerprint density at radius 1 is 0.545 bits per heavy atom. The Labute approximate surface area is 193 Å². The minimum absolute atomic E-state index is 0.272. The summed E-state index contributed by atoms with van der Waals surface area (Å²) in [4.78, 5) is 50.1. The quantitative estimate of drug-likeness (QED) is 0.588. The highest BCUT2D eigenvalue weighted by Gasteiger charge is 2.25. The maximum atomic E-state index is 11.9. The lowest BCUT2D eigenvalue weighted by Crippen LogP contribution is -2.29. The first-order valence-corrected chi connectivity index (χ1v) is 11.2. The van der Waals surface area contributed by atoms with Gasteiger partial charge in [0.1, 0.15) is 0 Å². The lowest BCUT2D eigenvalue weighted by atomic mass is 9.95. The van der Waals surface area contributed by atoms with E-state index in [1.807, 2.05) is 24.3 Å². The van der Waals surface area contributed by atoms with Crippen LogP contribution in [0.5, 0.6) is 0 Å². The highest BCUT2D eigenvalue weighted by molar-refractivity contribution is 6.13. The van der Waals surface area contributed by atoms with Crippen LogP contribution >= 0.6 is 0 Å². The lowest BCUT2D eigenvalue weighted by molar-refractivity contribution is -0.139. The van der Waals surface area contributed by atoms with E-state index in [4.69, 9.17) is 0 Å². The molecular weight excluding hydrogens is 416 g/mol. The van der Waals surface area contributed by atoms with Crippen molar-refractivity contribution in [2.24, 2.45) is 0 Å². The summed E-state index contributed by atoms with van der Waals surface area (Å²) in [5.74, 6) is -1.09. The van der Waals surface area contributed by atoms with E-state index >= 15 is 0 Å². The summed E-state index contributed by atoms with van der Waals surface area (Å²) in [7, 11) is 0. The average Bonchev–Trinajstić information content (AvgIpc) is 3.30. The third-order valence-electron chi connectivity index (χ3n) is 6.17. The number of hydrogen-bond acceptors (Lipinski definition) is 4. The molecule has 2 aliphatic heterocycles. The number of rotatable bonds is 8. The Morgan fingerprint density at radius 3 is 1.24 bits per heavy atom. The van der Waals surface area contributed by atoms with Crippen LogP contribution in [0.4, 0.5) is 0 Å². The summed E-state index contributed by atoms with van der Waals surface area (Å²) in [5.41, 5.74) is 6.49. The molecule has 168 valence electrons. The summed E-state index contributed by atoms with van der Waals surface area (Å²) < 4.78 is 0. The van der Waals surface area contributed by atoms with E-state index in [-0.39, 0.29) is 36.7 Å². The van der Waals surface area contributed by atoms with Gasteiger partial charge in [-0.05, 0) is 52.6 Å². The molecule has 4 rings (SSSR count). The molecule has 0 N–H and O–H groups in total. The Balaban J connectivity index is 1.50. The molecule has 0 saturated heterocycles. The van der Waals surface area contributed by atoms with Gasteiger partial charge in [-0.2, -0.15) is 0 Å². The Morgan fingerprint density at radius 2 is 0.909 bits per heavy atom. The van der Waals surface area contributed by atoms with Crippen molar-refractivity contribution in [3.8, 4) is 0 Å². The normalized spacial score (nSPS) is 15.5. The first kappa shape index (κ1) is 22.4. The molecule has 0 aliphatic carbocycles. The standard InChI is InChI=1S/C27H26N2O4/c1-3-20-14-18(5-7-22(20)16-28-24(30)9-10-25(28)31)13-19-6-8-23(21(4-2)15-19)17-29-26(32)11-12-27(29)33/h5-12,14-15H,3-4,13,16-17H2,1-2H3. The minimum Gasteiger partial charge on any atom is -0.271 e.